The van der Waals surface area contributed by atoms with E-state index in [-0.39, 0.29) is 11.7 Å². The lowest BCUT2D eigenvalue weighted by molar-refractivity contribution is 0.0875. The van der Waals surface area contributed by atoms with Crippen molar-refractivity contribution in [2.45, 2.75) is 32.6 Å². The Hall–Kier alpha value is -1.25. The van der Waals surface area contributed by atoms with Crippen LogP contribution in [0.3, 0.4) is 0 Å². The highest BCUT2D eigenvalue weighted by atomic mass is 19.1. The number of carbonyl (C=O) groups is 1. The van der Waals surface area contributed by atoms with Crippen LogP contribution in [-0.4, -0.2) is 10.8 Å². The van der Waals surface area contributed by atoms with Gasteiger partial charge < -0.3 is 0 Å². The summed E-state index contributed by atoms with van der Waals surface area (Å²) < 4.78 is 12.9. The normalized spacial score (nSPS) is 25.4. The van der Waals surface area contributed by atoms with Crippen molar-refractivity contribution < 1.29 is 9.18 Å². The third-order valence-corrected chi connectivity index (χ3v) is 3.38. The van der Waals surface area contributed by atoms with Crippen LogP contribution in [0.15, 0.2) is 18.5 Å². The number of rotatable bonds is 2. The molecule has 1 heterocycles. The summed E-state index contributed by atoms with van der Waals surface area (Å²) in [6.07, 6.45) is 6.63. The zero-order valence-electron chi connectivity index (χ0n) is 9.45. The molecule has 1 saturated carbocycles. The highest BCUT2D eigenvalue weighted by molar-refractivity contribution is 5.97. The molecule has 1 aromatic heterocycles. The Morgan fingerprint density at radius 3 is 2.62 bits per heavy atom. The van der Waals surface area contributed by atoms with Crippen molar-refractivity contribution in [3.05, 3.63) is 29.8 Å². The van der Waals surface area contributed by atoms with Crippen molar-refractivity contribution in [2.24, 2.45) is 11.8 Å². The third kappa shape index (κ3) is 2.46. The minimum Gasteiger partial charge on any atom is -0.294 e. The smallest absolute Gasteiger partial charge is 0.167 e. The first-order chi connectivity index (χ1) is 7.66. The molecule has 0 bridgehead atoms. The van der Waals surface area contributed by atoms with Crippen LogP contribution in [0.4, 0.5) is 4.39 Å². The Morgan fingerprint density at radius 2 is 2.00 bits per heavy atom. The van der Waals surface area contributed by atoms with Crippen molar-refractivity contribution in [3.8, 4) is 0 Å². The van der Waals surface area contributed by atoms with Gasteiger partial charge in [-0.15, -0.1) is 0 Å². The molecule has 16 heavy (non-hydrogen) atoms. The van der Waals surface area contributed by atoms with E-state index in [4.69, 9.17) is 0 Å². The van der Waals surface area contributed by atoms with Crippen molar-refractivity contribution in [2.75, 3.05) is 0 Å². The maximum absolute atomic E-state index is 12.9. The minimum absolute atomic E-state index is 0.0545. The lowest BCUT2D eigenvalue weighted by Gasteiger charge is -2.24. The maximum Gasteiger partial charge on any atom is 0.167 e. The van der Waals surface area contributed by atoms with Crippen LogP contribution in [0.2, 0.25) is 0 Å². The average molecular weight is 221 g/mol. The number of ketones is 1. The number of halogens is 1. The topological polar surface area (TPSA) is 30.0 Å². The number of pyridine rings is 1. The molecule has 0 aromatic carbocycles. The van der Waals surface area contributed by atoms with E-state index in [1.54, 1.807) is 0 Å². The van der Waals surface area contributed by atoms with Crippen molar-refractivity contribution in [1.29, 1.82) is 0 Å². The number of aromatic nitrogens is 1. The van der Waals surface area contributed by atoms with Gasteiger partial charge in [-0.1, -0.05) is 19.8 Å². The summed E-state index contributed by atoms with van der Waals surface area (Å²) in [6.45, 7) is 2.21. The first-order valence-electron chi connectivity index (χ1n) is 5.81. The van der Waals surface area contributed by atoms with Crippen LogP contribution in [0, 0.1) is 17.7 Å². The summed E-state index contributed by atoms with van der Waals surface area (Å²) in [5.41, 5.74) is 0.416. The lowest BCUT2D eigenvalue weighted by Crippen LogP contribution is -2.21. The molecule has 0 N–H and O–H groups in total. The van der Waals surface area contributed by atoms with Gasteiger partial charge in [0.15, 0.2) is 5.78 Å². The standard InChI is InChI=1S/C13H16FNO/c1-9-2-4-10(5-3-9)13(16)11-6-12(14)8-15-7-11/h6-10H,2-5H2,1H3. The number of nitrogens with zero attached hydrogens (tertiary/aromatic N) is 1. The Labute approximate surface area is 94.9 Å². The van der Waals surface area contributed by atoms with Crippen molar-refractivity contribution in [1.82, 2.24) is 4.98 Å². The van der Waals surface area contributed by atoms with Gasteiger partial charge in [-0.3, -0.25) is 9.78 Å². The van der Waals surface area contributed by atoms with Gasteiger partial charge in [-0.25, -0.2) is 4.39 Å². The molecular formula is C13H16FNO. The van der Waals surface area contributed by atoms with Gasteiger partial charge in [0.05, 0.1) is 6.20 Å². The van der Waals surface area contributed by atoms with Gasteiger partial charge in [0.2, 0.25) is 0 Å². The predicted molar refractivity (Wildman–Crippen MR) is 59.6 cm³/mol. The second-order valence-electron chi connectivity index (χ2n) is 4.71. The molecule has 0 atom stereocenters. The highest BCUT2D eigenvalue weighted by Crippen LogP contribution is 2.30. The second kappa shape index (κ2) is 4.73. The van der Waals surface area contributed by atoms with Crippen LogP contribution < -0.4 is 0 Å². The van der Waals surface area contributed by atoms with Crippen molar-refractivity contribution >= 4 is 5.78 Å². The Balaban J connectivity index is 2.08. The monoisotopic (exact) mass is 221 g/mol. The Kier molecular flexibility index (Phi) is 3.32. The van der Waals surface area contributed by atoms with E-state index in [9.17, 15) is 9.18 Å². The summed E-state index contributed by atoms with van der Waals surface area (Å²) in [5, 5.41) is 0. The molecule has 0 saturated heterocycles. The first-order valence-corrected chi connectivity index (χ1v) is 5.81. The van der Waals surface area contributed by atoms with E-state index in [1.165, 1.54) is 12.3 Å². The molecule has 1 aliphatic rings. The highest BCUT2D eigenvalue weighted by Gasteiger charge is 2.25. The van der Waals surface area contributed by atoms with Gasteiger partial charge in [-0.05, 0) is 24.8 Å². The molecule has 1 fully saturated rings. The van der Waals surface area contributed by atoms with E-state index in [0.717, 1.165) is 37.8 Å². The van der Waals surface area contributed by atoms with Gasteiger partial charge in [0.25, 0.3) is 0 Å². The summed E-state index contributed by atoms with van der Waals surface area (Å²) in [7, 11) is 0. The molecule has 2 rings (SSSR count). The fourth-order valence-corrected chi connectivity index (χ4v) is 2.30. The van der Waals surface area contributed by atoms with Crippen LogP contribution in [0.25, 0.3) is 0 Å². The number of Topliss-reactive ketones (excluding diaryl/α,β-unsaturated/α-hetero) is 1. The molecule has 0 amide bonds. The Morgan fingerprint density at radius 1 is 1.31 bits per heavy atom. The molecule has 0 unspecified atom stereocenters. The van der Waals surface area contributed by atoms with Crippen LogP contribution in [0.5, 0.6) is 0 Å². The summed E-state index contributed by atoms with van der Waals surface area (Å²) in [4.78, 5) is 15.8. The molecule has 0 spiro atoms. The van der Waals surface area contributed by atoms with Crippen LogP contribution in [0.1, 0.15) is 43.0 Å². The second-order valence-corrected chi connectivity index (χ2v) is 4.71. The molecule has 0 aliphatic heterocycles. The average Bonchev–Trinajstić information content (AvgIpc) is 2.29. The SMILES string of the molecule is CC1CCC(C(=O)c2cncc(F)c2)CC1. The van der Waals surface area contributed by atoms with E-state index >= 15 is 0 Å². The van der Waals surface area contributed by atoms with Gasteiger partial charge in [0.1, 0.15) is 5.82 Å². The summed E-state index contributed by atoms with van der Waals surface area (Å²) in [6, 6.07) is 1.29. The van der Waals surface area contributed by atoms with Crippen molar-refractivity contribution in [3.63, 3.8) is 0 Å². The number of hydrogen-bond donors (Lipinski definition) is 0. The molecule has 1 aromatic rings. The lowest BCUT2D eigenvalue weighted by atomic mass is 9.79. The van der Waals surface area contributed by atoms with E-state index in [2.05, 4.69) is 11.9 Å². The quantitative estimate of drug-likeness (QED) is 0.718. The largest absolute Gasteiger partial charge is 0.294 e. The fraction of sp³-hybridized carbons (Fsp3) is 0.538. The van der Waals surface area contributed by atoms with E-state index < -0.39 is 5.82 Å². The predicted octanol–water partition coefficient (Wildman–Crippen LogP) is 3.23. The van der Waals surface area contributed by atoms with E-state index in [1.807, 2.05) is 0 Å². The van der Waals surface area contributed by atoms with Crippen LogP contribution >= 0.6 is 0 Å². The maximum atomic E-state index is 12.9. The summed E-state index contributed by atoms with van der Waals surface area (Å²) in [5.74, 6) is 0.406. The molecule has 86 valence electrons. The van der Waals surface area contributed by atoms with Crippen LogP contribution in [-0.2, 0) is 0 Å². The Bertz CT molecular complexity index is 383. The molecule has 2 nitrogen and oxygen atoms in total. The number of hydrogen-bond acceptors (Lipinski definition) is 2. The molecule has 0 radical (unpaired) electrons. The van der Waals surface area contributed by atoms with Gasteiger partial charge in [-0.2, -0.15) is 0 Å². The zero-order valence-corrected chi connectivity index (χ0v) is 9.45. The van der Waals surface area contributed by atoms with E-state index in [0.29, 0.717) is 5.56 Å². The van der Waals surface area contributed by atoms with Gasteiger partial charge in [0, 0.05) is 17.7 Å². The van der Waals surface area contributed by atoms with Gasteiger partial charge >= 0.3 is 0 Å². The fourth-order valence-electron chi connectivity index (χ4n) is 2.30. The third-order valence-electron chi connectivity index (χ3n) is 3.38. The first kappa shape index (κ1) is 11.2. The molecular weight excluding hydrogens is 205 g/mol. The molecule has 1 aliphatic carbocycles. The molecule has 3 heteroatoms. The summed E-state index contributed by atoms with van der Waals surface area (Å²) >= 11 is 0. The zero-order chi connectivity index (χ0) is 11.5. The number of carbonyl (C=O) groups excluding carboxylic acids is 1. The minimum atomic E-state index is -0.435.